The van der Waals surface area contributed by atoms with Gasteiger partial charge in [-0.2, -0.15) is 0 Å². The number of para-hydroxylation sites is 1. The van der Waals surface area contributed by atoms with Gasteiger partial charge in [0.05, 0.1) is 11.3 Å². The zero-order valence-electron chi connectivity index (χ0n) is 29.1. The molecule has 3 heteroatoms. The molecule has 2 aromatic heterocycles. The number of aromatic nitrogens is 2. The van der Waals surface area contributed by atoms with Gasteiger partial charge in [-0.15, -0.1) is 29.7 Å². The van der Waals surface area contributed by atoms with Crippen LogP contribution in [0.25, 0.3) is 38.6 Å². The number of rotatable bonds is 5. The predicted octanol–water partition coefficient (Wildman–Crippen LogP) is 7.50. The van der Waals surface area contributed by atoms with Crippen molar-refractivity contribution in [2.75, 3.05) is 0 Å². The Balaban J connectivity index is 0.00000442. The Hall–Kier alpha value is -2.48. The van der Waals surface area contributed by atoms with Crippen molar-refractivity contribution >= 4 is 27.3 Å². The summed E-state index contributed by atoms with van der Waals surface area (Å²) in [5.74, 6) is -3.44. The number of pyridine rings is 1. The number of hydrogen-bond donors (Lipinski definition) is 0. The average Bonchev–Trinajstić information content (AvgIpc) is 3.33. The fourth-order valence-corrected chi connectivity index (χ4v) is 4.45. The van der Waals surface area contributed by atoms with E-state index in [1.54, 1.807) is 30.5 Å². The predicted molar refractivity (Wildman–Crippen MR) is 132 cm³/mol. The van der Waals surface area contributed by atoms with Gasteiger partial charge in [-0.1, -0.05) is 69.2 Å². The molecule has 0 saturated carbocycles. The summed E-state index contributed by atoms with van der Waals surface area (Å²) in [6.07, 6.45) is 0.810. The minimum absolute atomic E-state index is 0. The Labute approximate surface area is 220 Å². The molecule has 2 nitrogen and oxygen atoms in total. The van der Waals surface area contributed by atoms with Gasteiger partial charge in [-0.3, -0.25) is 4.98 Å². The van der Waals surface area contributed by atoms with Crippen LogP contribution in [0.1, 0.15) is 55.0 Å². The number of nitrogens with zero attached hydrogens (tertiary/aromatic N) is 2. The van der Waals surface area contributed by atoms with Crippen molar-refractivity contribution in [3.63, 3.8) is 0 Å². The maximum atomic E-state index is 8.00. The summed E-state index contributed by atoms with van der Waals surface area (Å²) in [4.78, 5) is 4.70. The molecule has 0 aliphatic rings. The van der Waals surface area contributed by atoms with Crippen LogP contribution in [0.2, 0.25) is 0 Å². The van der Waals surface area contributed by atoms with E-state index >= 15 is 0 Å². The van der Waals surface area contributed by atoms with E-state index in [1.165, 1.54) is 0 Å². The molecule has 0 amide bonds. The molecule has 0 saturated heterocycles. The molecule has 1 radical (unpaired) electrons. The standard InChI is InChI=1S/C29H29N2.Ir/c1-19(2)16-21-10-9-11-22(17-20(3)4)28(21)27-18-30-29-25-14-6-5-12-23(25)24-13-7-8-15-26(24)31(27)29;/h5-13,15,18-20H,16-17H2,1-4H3;/q-1;/i1D3,2D3,3D3,4D3;. The van der Waals surface area contributed by atoms with Crippen molar-refractivity contribution in [3.8, 4) is 11.3 Å². The smallest absolute Gasteiger partial charge is 0.0639 e. The Morgan fingerprint density at radius 1 is 0.875 bits per heavy atom. The fraction of sp³-hybridized carbons (Fsp3) is 0.276. The molecular weight excluding hydrogens is 569 g/mol. The second kappa shape index (κ2) is 9.17. The normalized spacial score (nSPS) is 18.8. The molecule has 2 heterocycles. The molecule has 0 bridgehead atoms. The van der Waals surface area contributed by atoms with E-state index in [0.717, 1.165) is 21.7 Å². The molecule has 5 rings (SSSR count). The van der Waals surface area contributed by atoms with Gasteiger partial charge in [0.25, 0.3) is 0 Å². The third-order valence-electron chi connectivity index (χ3n) is 5.62. The first-order valence-corrected chi connectivity index (χ1v) is 10.2. The van der Waals surface area contributed by atoms with Crippen LogP contribution >= 0.6 is 0 Å². The van der Waals surface area contributed by atoms with Gasteiger partial charge in [-0.25, -0.2) is 0 Å². The van der Waals surface area contributed by atoms with Crippen LogP contribution in [0.5, 0.6) is 0 Å². The summed E-state index contributed by atoms with van der Waals surface area (Å²) in [6, 6.07) is 21.2. The molecule has 0 fully saturated rings. The molecule has 0 atom stereocenters. The molecule has 5 aromatic rings. The third-order valence-corrected chi connectivity index (χ3v) is 5.62. The van der Waals surface area contributed by atoms with E-state index in [-0.39, 0.29) is 32.9 Å². The van der Waals surface area contributed by atoms with Crippen LogP contribution in [0.15, 0.2) is 66.9 Å². The van der Waals surface area contributed by atoms with Crippen LogP contribution < -0.4 is 0 Å². The fourth-order valence-electron chi connectivity index (χ4n) is 4.45. The number of fused-ring (bicyclic) bond motifs is 6. The first-order chi connectivity index (χ1) is 19.9. The molecule has 0 aliphatic heterocycles. The van der Waals surface area contributed by atoms with E-state index in [9.17, 15) is 0 Å². The summed E-state index contributed by atoms with van der Waals surface area (Å²) in [5.41, 5.74) is 2.80. The Morgan fingerprint density at radius 2 is 1.56 bits per heavy atom. The van der Waals surface area contributed by atoms with Crippen molar-refractivity contribution in [1.29, 1.82) is 0 Å². The molecule has 0 unspecified atom stereocenters. The van der Waals surface area contributed by atoms with Crippen molar-refractivity contribution in [3.05, 3.63) is 84.1 Å². The van der Waals surface area contributed by atoms with Gasteiger partial charge in [0, 0.05) is 53.8 Å². The SMILES string of the molecule is [2H]C([2H])([2H])C(Cc1cccc(CC(C([2H])([2H])[2H])C([2H])([2H])[2H])c1-c1cnc2c3[c-]cccc3c3ccccc3n12)C([2H])([2H])[2H].[Ir]. The Bertz CT molecular complexity index is 1720. The van der Waals surface area contributed by atoms with Crippen LogP contribution in [-0.4, -0.2) is 9.38 Å². The molecule has 3 aromatic carbocycles. The number of hydrogen-bond acceptors (Lipinski definition) is 1. The Kier molecular flexibility index (Phi) is 3.47. The van der Waals surface area contributed by atoms with E-state index in [0.29, 0.717) is 28.0 Å². The molecule has 165 valence electrons. The van der Waals surface area contributed by atoms with Gasteiger partial charge in [0.15, 0.2) is 0 Å². The van der Waals surface area contributed by atoms with Gasteiger partial charge >= 0.3 is 0 Å². The first kappa shape index (κ1) is 12.1. The van der Waals surface area contributed by atoms with Crippen molar-refractivity contribution in [2.24, 2.45) is 11.8 Å². The van der Waals surface area contributed by atoms with Gasteiger partial charge < -0.3 is 4.40 Å². The maximum absolute atomic E-state index is 8.00. The summed E-state index contributed by atoms with van der Waals surface area (Å²) in [6.45, 7) is -11.3. The van der Waals surface area contributed by atoms with Crippen LogP contribution in [-0.2, 0) is 32.9 Å². The topological polar surface area (TPSA) is 17.3 Å². The maximum Gasteiger partial charge on any atom is 0.0639 e. The minimum Gasteiger partial charge on any atom is -0.333 e. The average molecular weight is 610 g/mol. The summed E-state index contributed by atoms with van der Waals surface area (Å²) in [5, 5.41) is 2.51. The third kappa shape index (κ3) is 3.89. The largest absolute Gasteiger partial charge is 0.333 e. The van der Waals surface area contributed by atoms with Crippen LogP contribution in [0, 0.1) is 17.9 Å². The molecule has 0 spiro atoms. The Morgan fingerprint density at radius 3 is 2.28 bits per heavy atom. The summed E-state index contributed by atoms with van der Waals surface area (Å²) in [7, 11) is 0. The zero-order chi connectivity index (χ0) is 31.5. The van der Waals surface area contributed by atoms with Gasteiger partial charge in [0.2, 0.25) is 0 Å². The van der Waals surface area contributed by atoms with Crippen LogP contribution in [0.4, 0.5) is 0 Å². The molecular formula is C29H29IrN2-. The van der Waals surface area contributed by atoms with E-state index < -0.39 is 39.2 Å². The zero-order valence-corrected chi connectivity index (χ0v) is 19.5. The van der Waals surface area contributed by atoms with Crippen molar-refractivity contribution in [1.82, 2.24) is 9.38 Å². The quantitative estimate of drug-likeness (QED) is 0.149. The summed E-state index contributed by atoms with van der Waals surface area (Å²) >= 11 is 0. The number of imidazole rings is 1. The second-order valence-electron chi connectivity index (χ2n) is 7.74. The summed E-state index contributed by atoms with van der Waals surface area (Å²) < 4.78 is 97.9. The second-order valence-corrected chi connectivity index (χ2v) is 7.74. The van der Waals surface area contributed by atoms with E-state index in [2.05, 4.69) is 6.07 Å². The van der Waals surface area contributed by atoms with Crippen molar-refractivity contribution < 1.29 is 36.6 Å². The monoisotopic (exact) mass is 610 g/mol. The molecule has 0 aliphatic carbocycles. The number of benzene rings is 3. The molecule has 32 heavy (non-hydrogen) atoms. The van der Waals surface area contributed by atoms with Crippen LogP contribution in [0.3, 0.4) is 0 Å². The van der Waals surface area contributed by atoms with Gasteiger partial charge in [0.1, 0.15) is 0 Å². The van der Waals surface area contributed by atoms with E-state index in [4.69, 9.17) is 21.4 Å². The van der Waals surface area contributed by atoms with Gasteiger partial charge in [-0.05, 0) is 47.3 Å². The first-order valence-electron chi connectivity index (χ1n) is 16.2. The van der Waals surface area contributed by atoms with E-state index in [1.807, 2.05) is 40.8 Å². The minimum atomic E-state index is -2.82. The molecule has 0 N–H and O–H groups in total. The van der Waals surface area contributed by atoms with Crippen molar-refractivity contribution in [2.45, 2.75) is 40.2 Å².